The Kier molecular flexibility index (Phi) is 6.55. The van der Waals surface area contributed by atoms with Crippen molar-refractivity contribution in [1.29, 1.82) is 0 Å². The molecule has 1 atom stereocenters. The lowest BCUT2D eigenvalue weighted by Gasteiger charge is -2.26. The zero-order valence-corrected chi connectivity index (χ0v) is 13.0. The SMILES string of the molecule is CCCNC(COC1CCCCC1)c1ccccc1C. The van der Waals surface area contributed by atoms with Crippen molar-refractivity contribution in [3.05, 3.63) is 35.4 Å². The van der Waals surface area contributed by atoms with Gasteiger partial charge in [0.25, 0.3) is 0 Å². The first-order valence-electron chi connectivity index (χ1n) is 8.21. The summed E-state index contributed by atoms with van der Waals surface area (Å²) in [5, 5.41) is 3.64. The summed E-state index contributed by atoms with van der Waals surface area (Å²) < 4.78 is 6.19. The zero-order valence-electron chi connectivity index (χ0n) is 13.0. The molecule has 0 aliphatic heterocycles. The highest BCUT2D eigenvalue weighted by atomic mass is 16.5. The topological polar surface area (TPSA) is 21.3 Å². The summed E-state index contributed by atoms with van der Waals surface area (Å²) >= 11 is 0. The van der Waals surface area contributed by atoms with Gasteiger partial charge < -0.3 is 10.1 Å². The van der Waals surface area contributed by atoms with Gasteiger partial charge in [-0.15, -0.1) is 0 Å². The van der Waals surface area contributed by atoms with E-state index in [0.717, 1.165) is 19.6 Å². The van der Waals surface area contributed by atoms with Gasteiger partial charge in [-0.25, -0.2) is 0 Å². The summed E-state index contributed by atoms with van der Waals surface area (Å²) in [6.45, 7) is 6.25. The van der Waals surface area contributed by atoms with Crippen molar-refractivity contribution in [3.63, 3.8) is 0 Å². The molecule has 1 aliphatic rings. The summed E-state index contributed by atoms with van der Waals surface area (Å²) in [5.41, 5.74) is 2.74. The number of rotatable bonds is 7. The molecular formula is C18H29NO. The number of hydrogen-bond donors (Lipinski definition) is 1. The molecule has 1 saturated carbocycles. The Balaban J connectivity index is 1.94. The Bertz CT molecular complexity index is 385. The summed E-state index contributed by atoms with van der Waals surface area (Å²) in [6.07, 6.45) is 8.19. The third kappa shape index (κ3) is 4.60. The van der Waals surface area contributed by atoms with Crippen LogP contribution in [0, 0.1) is 6.92 Å². The Hall–Kier alpha value is -0.860. The Morgan fingerprint density at radius 3 is 2.65 bits per heavy atom. The molecule has 1 fully saturated rings. The lowest BCUT2D eigenvalue weighted by molar-refractivity contribution is 0.0155. The molecule has 2 rings (SSSR count). The average molecular weight is 275 g/mol. The second kappa shape index (κ2) is 8.43. The van der Waals surface area contributed by atoms with Gasteiger partial charge in [-0.2, -0.15) is 0 Å². The van der Waals surface area contributed by atoms with E-state index < -0.39 is 0 Å². The van der Waals surface area contributed by atoms with E-state index in [1.54, 1.807) is 0 Å². The highest BCUT2D eigenvalue weighted by Gasteiger charge is 2.18. The van der Waals surface area contributed by atoms with E-state index in [9.17, 15) is 0 Å². The van der Waals surface area contributed by atoms with Crippen LogP contribution in [-0.4, -0.2) is 19.3 Å². The monoisotopic (exact) mass is 275 g/mol. The summed E-state index contributed by atoms with van der Waals surface area (Å²) in [6, 6.07) is 8.99. The van der Waals surface area contributed by atoms with Crippen molar-refractivity contribution < 1.29 is 4.74 Å². The normalized spacial score (nSPS) is 18.1. The molecule has 0 spiro atoms. The maximum atomic E-state index is 6.19. The molecule has 1 aromatic carbocycles. The fourth-order valence-corrected chi connectivity index (χ4v) is 3.02. The van der Waals surface area contributed by atoms with Gasteiger partial charge >= 0.3 is 0 Å². The van der Waals surface area contributed by atoms with Crippen molar-refractivity contribution in [2.45, 2.75) is 64.5 Å². The maximum Gasteiger partial charge on any atom is 0.0665 e. The first-order chi connectivity index (χ1) is 9.81. The zero-order chi connectivity index (χ0) is 14.2. The van der Waals surface area contributed by atoms with E-state index in [-0.39, 0.29) is 0 Å². The van der Waals surface area contributed by atoms with E-state index in [2.05, 4.69) is 43.4 Å². The van der Waals surface area contributed by atoms with Crippen LogP contribution < -0.4 is 5.32 Å². The van der Waals surface area contributed by atoms with Crippen LogP contribution in [0.1, 0.15) is 62.6 Å². The minimum Gasteiger partial charge on any atom is -0.376 e. The van der Waals surface area contributed by atoms with Crippen molar-refractivity contribution in [1.82, 2.24) is 5.32 Å². The van der Waals surface area contributed by atoms with E-state index in [4.69, 9.17) is 4.74 Å². The van der Waals surface area contributed by atoms with Gasteiger partial charge in [0.05, 0.1) is 18.8 Å². The highest BCUT2D eigenvalue weighted by molar-refractivity contribution is 5.28. The number of nitrogens with one attached hydrogen (secondary N) is 1. The van der Waals surface area contributed by atoms with Gasteiger partial charge in [0.1, 0.15) is 0 Å². The van der Waals surface area contributed by atoms with Crippen LogP contribution in [0.15, 0.2) is 24.3 Å². The predicted octanol–water partition coefficient (Wildman–Crippen LogP) is 4.39. The van der Waals surface area contributed by atoms with Crippen molar-refractivity contribution in [2.75, 3.05) is 13.2 Å². The smallest absolute Gasteiger partial charge is 0.0665 e. The van der Waals surface area contributed by atoms with Crippen LogP contribution in [0.5, 0.6) is 0 Å². The Morgan fingerprint density at radius 1 is 1.20 bits per heavy atom. The van der Waals surface area contributed by atoms with E-state index in [1.165, 1.54) is 43.2 Å². The summed E-state index contributed by atoms with van der Waals surface area (Å²) in [5.74, 6) is 0. The molecule has 1 N–H and O–H groups in total. The fourth-order valence-electron chi connectivity index (χ4n) is 3.02. The molecule has 2 nitrogen and oxygen atoms in total. The average Bonchev–Trinajstić information content (AvgIpc) is 2.49. The van der Waals surface area contributed by atoms with Crippen LogP contribution in [0.2, 0.25) is 0 Å². The Morgan fingerprint density at radius 2 is 1.95 bits per heavy atom. The molecule has 2 heteroatoms. The molecule has 0 bridgehead atoms. The van der Waals surface area contributed by atoms with Crippen LogP contribution >= 0.6 is 0 Å². The molecule has 1 aliphatic carbocycles. The molecule has 0 saturated heterocycles. The van der Waals surface area contributed by atoms with Crippen molar-refractivity contribution in [2.24, 2.45) is 0 Å². The molecule has 0 aromatic heterocycles. The number of benzene rings is 1. The quantitative estimate of drug-likeness (QED) is 0.797. The number of hydrogen-bond acceptors (Lipinski definition) is 2. The summed E-state index contributed by atoms with van der Waals surface area (Å²) in [4.78, 5) is 0. The van der Waals surface area contributed by atoms with Crippen LogP contribution in [0.4, 0.5) is 0 Å². The van der Waals surface area contributed by atoms with Gasteiger partial charge in [-0.1, -0.05) is 50.5 Å². The third-order valence-corrected chi connectivity index (χ3v) is 4.26. The molecule has 0 radical (unpaired) electrons. The standard InChI is InChI=1S/C18H29NO/c1-3-13-19-18(17-12-8-7-9-15(17)2)14-20-16-10-5-4-6-11-16/h7-9,12,16,18-19H,3-6,10-11,13-14H2,1-2H3. The van der Waals surface area contributed by atoms with Gasteiger partial charge in [-0.3, -0.25) is 0 Å². The Labute approximate surface area is 123 Å². The lowest BCUT2D eigenvalue weighted by atomic mass is 9.97. The molecule has 0 amide bonds. The van der Waals surface area contributed by atoms with Gasteiger partial charge in [-0.05, 0) is 43.9 Å². The molecule has 1 aromatic rings. The van der Waals surface area contributed by atoms with Gasteiger partial charge in [0, 0.05) is 0 Å². The van der Waals surface area contributed by atoms with E-state index >= 15 is 0 Å². The van der Waals surface area contributed by atoms with Crippen LogP contribution in [-0.2, 0) is 4.74 Å². The van der Waals surface area contributed by atoms with E-state index in [0.29, 0.717) is 12.1 Å². The van der Waals surface area contributed by atoms with Crippen molar-refractivity contribution in [3.8, 4) is 0 Å². The minimum atomic E-state index is 0.332. The fraction of sp³-hybridized carbons (Fsp3) is 0.667. The minimum absolute atomic E-state index is 0.332. The first-order valence-corrected chi connectivity index (χ1v) is 8.21. The third-order valence-electron chi connectivity index (χ3n) is 4.26. The molecule has 1 unspecified atom stereocenters. The molecule has 112 valence electrons. The second-order valence-corrected chi connectivity index (χ2v) is 5.96. The van der Waals surface area contributed by atoms with Crippen molar-refractivity contribution >= 4 is 0 Å². The number of ether oxygens (including phenoxy) is 1. The number of aryl methyl sites for hydroxylation is 1. The molecular weight excluding hydrogens is 246 g/mol. The highest BCUT2D eigenvalue weighted by Crippen LogP contribution is 2.23. The van der Waals surface area contributed by atoms with Gasteiger partial charge in [0.2, 0.25) is 0 Å². The lowest BCUT2D eigenvalue weighted by Crippen LogP contribution is -2.29. The summed E-state index contributed by atoms with van der Waals surface area (Å²) in [7, 11) is 0. The van der Waals surface area contributed by atoms with E-state index in [1.807, 2.05) is 0 Å². The molecule has 20 heavy (non-hydrogen) atoms. The van der Waals surface area contributed by atoms with Gasteiger partial charge in [0.15, 0.2) is 0 Å². The van der Waals surface area contributed by atoms with Crippen LogP contribution in [0.25, 0.3) is 0 Å². The second-order valence-electron chi connectivity index (χ2n) is 5.96. The maximum absolute atomic E-state index is 6.19. The molecule has 0 heterocycles. The first kappa shape index (κ1) is 15.5. The predicted molar refractivity (Wildman–Crippen MR) is 85.0 cm³/mol. The van der Waals surface area contributed by atoms with Crippen LogP contribution in [0.3, 0.4) is 0 Å². The largest absolute Gasteiger partial charge is 0.376 e.